The van der Waals surface area contributed by atoms with Crippen LogP contribution in [0.25, 0.3) is 0 Å². The minimum absolute atomic E-state index is 0. The smallest absolute Gasteiger partial charge is 0.214 e. The van der Waals surface area contributed by atoms with Gasteiger partial charge in [-0.15, -0.1) is 12.4 Å². The summed E-state index contributed by atoms with van der Waals surface area (Å²) in [5.41, 5.74) is 0. The summed E-state index contributed by atoms with van der Waals surface area (Å²) in [5.74, 6) is 1.03. The lowest BCUT2D eigenvalue weighted by atomic mass is 9.84. The van der Waals surface area contributed by atoms with Crippen LogP contribution in [0.4, 0.5) is 0 Å². The van der Waals surface area contributed by atoms with Crippen molar-refractivity contribution in [1.82, 2.24) is 9.62 Å². The van der Waals surface area contributed by atoms with Crippen molar-refractivity contribution in [2.45, 2.75) is 44.6 Å². The molecule has 6 heteroatoms. The molecule has 0 spiro atoms. The average Bonchev–Trinajstić information content (AvgIpc) is 2.27. The summed E-state index contributed by atoms with van der Waals surface area (Å²) in [4.78, 5) is 0. The zero-order chi connectivity index (χ0) is 12.3. The number of halogens is 1. The second kappa shape index (κ2) is 7.08. The highest BCUT2D eigenvalue weighted by molar-refractivity contribution is 7.89. The molecule has 0 aromatic heterocycles. The lowest BCUT2D eigenvalue weighted by Gasteiger charge is -2.32. The van der Waals surface area contributed by atoms with Crippen molar-refractivity contribution in [3.63, 3.8) is 0 Å². The first-order chi connectivity index (χ1) is 8.12. The maximum Gasteiger partial charge on any atom is 0.214 e. The first kappa shape index (κ1) is 16.2. The average molecular weight is 297 g/mol. The van der Waals surface area contributed by atoms with Crippen LogP contribution in [0.15, 0.2) is 0 Å². The van der Waals surface area contributed by atoms with Gasteiger partial charge in [0.05, 0.1) is 5.75 Å². The van der Waals surface area contributed by atoms with Crippen LogP contribution in [0.2, 0.25) is 0 Å². The molecule has 1 aliphatic heterocycles. The maximum atomic E-state index is 12.2. The lowest BCUT2D eigenvalue weighted by molar-refractivity contribution is 0.284. The number of hydrogen-bond donors (Lipinski definition) is 1. The highest BCUT2D eigenvalue weighted by Crippen LogP contribution is 2.30. The zero-order valence-electron chi connectivity index (χ0n) is 11.1. The van der Waals surface area contributed by atoms with Crippen molar-refractivity contribution in [3.05, 3.63) is 0 Å². The molecular weight excluding hydrogens is 272 g/mol. The fraction of sp³-hybridized carbons (Fsp3) is 1.00. The molecule has 1 N–H and O–H groups in total. The fourth-order valence-corrected chi connectivity index (χ4v) is 4.36. The van der Waals surface area contributed by atoms with Crippen LogP contribution in [-0.4, -0.2) is 44.7 Å². The van der Waals surface area contributed by atoms with Gasteiger partial charge >= 0.3 is 0 Å². The van der Waals surface area contributed by atoms with Crippen LogP contribution in [0.3, 0.4) is 0 Å². The minimum Gasteiger partial charge on any atom is -0.316 e. The third kappa shape index (κ3) is 4.08. The monoisotopic (exact) mass is 296 g/mol. The Morgan fingerprint density at radius 1 is 1.22 bits per heavy atom. The van der Waals surface area contributed by atoms with E-state index in [-0.39, 0.29) is 12.4 Å². The normalized spacial score (nSPS) is 26.4. The van der Waals surface area contributed by atoms with Crippen molar-refractivity contribution >= 4 is 22.4 Å². The maximum absolute atomic E-state index is 12.2. The second-order valence-electron chi connectivity index (χ2n) is 5.39. The quantitative estimate of drug-likeness (QED) is 0.838. The van der Waals surface area contributed by atoms with E-state index in [1.165, 1.54) is 19.3 Å². The summed E-state index contributed by atoms with van der Waals surface area (Å²) < 4.78 is 26.1. The Balaban J connectivity index is 0.00000162. The first-order valence-corrected chi connectivity index (χ1v) is 8.38. The summed E-state index contributed by atoms with van der Waals surface area (Å²) in [6, 6.07) is 0.335. The Kier molecular flexibility index (Phi) is 6.38. The van der Waals surface area contributed by atoms with Gasteiger partial charge in [-0.3, -0.25) is 0 Å². The number of rotatable bonds is 5. The van der Waals surface area contributed by atoms with Crippen molar-refractivity contribution in [1.29, 1.82) is 0 Å². The summed E-state index contributed by atoms with van der Waals surface area (Å²) >= 11 is 0. The van der Waals surface area contributed by atoms with Crippen molar-refractivity contribution < 1.29 is 8.42 Å². The van der Waals surface area contributed by atoms with Gasteiger partial charge in [0.1, 0.15) is 0 Å². The van der Waals surface area contributed by atoms with Crippen molar-refractivity contribution in [2.24, 2.45) is 5.92 Å². The molecular formula is C12H25ClN2O2S. The molecule has 2 aliphatic rings. The Bertz CT molecular complexity index is 344. The summed E-state index contributed by atoms with van der Waals surface area (Å²) in [6.07, 6.45) is 6.68. The van der Waals surface area contributed by atoms with Gasteiger partial charge in [-0.25, -0.2) is 12.7 Å². The molecule has 0 aromatic rings. The van der Waals surface area contributed by atoms with E-state index in [0.29, 0.717) is 30.8 Å². The molecule has 4 nitrogen and oxygen atoms in total. The standard InChI is InChI=1S/C12H24N2O2S.ClH/c1-13-12-6-3-8-14(10-12)17(15,16)9-7-11-4-2-5-11;/h11-13H,2-10H2,1H3;1H. The number of sulfonamides is 1. The van der Waals surface area contributed by atoms with E-state index >= 15 is 0 Å². The third-order valence-electron chi connectivity index (χ3n) is 4.19. The topological polar surface area (TPSA) is 49.4 Å². The van der Waals surface area contributed by atoms with Gasteiger partial charge in [-0.1, -0.05) is 19.3 Å². The molecule has 108 valence electrons. The van der Waals surface area contributed by atoms with Crippen LogP contribution in [-0.2, 0) is 10.0 Å². The van der Waals surface area contributed by atoms with E-state index in [0.717, 1.165) is 19.3 Å². The van der Waals surface area contributed by atoms with Gasteiger partial charge in [0.2, 0.25) is 10.0 Å². The van der Waals surface area contributed by atoms with Crippen molar-refractivity contribution in [3.8, 4) is 0 Å². The van der Waals surface area contributed by atoms with E-state index in [2.05, 4.69) is 5.32 Å². The van der Waals surface area contributed by atoms with E-state index in [1.54, 1.807) is 4.31 Å². The van der Waals surface area contributed by atoms with Crippen LogP contribution in [0.5, 0.6) is 0 Å². The number of piperidine rings is 1. The predicted molar refractivity (Wildman–Crippen MR) is 76.6 cm³/mol. The number of likely N-dealkylation sites (N-methyl/N-ethyl adjacent to an activating group) is 1. The zero-order valence-corrected chi connectivity index (χ0v) is 12.7. The fourth-order valence-electron chi connectivity index (χ4n) is 2.66. The predicted octanol–water partition coefficient (Wildman–Crippen LogP) is 1.61. The third-order valence-corrected chi connectivity index (χ3v) is 6.06. The van der Waals surface area contributed by atoms with E-state index < -0.39 is 10.0 Å². The summed E-state index contributed by atoms with van der Waals surface area (Å²) in [5, 5.41) is 3.19. The molecule has 2 rings (SSSR count). The molecule has 0 aromatic carbocycles. The second-order valence-corrected chi connectivity index (χ2v) is 7.48. The lowest BCUT2D eigenvalue weighted by Crippen LogP contribution is -2.47. The van der Waals surface area contributed by atoms with Gasteiger partial charge in [0.25, 0.3) is 0 Å². The molecule has 1 saturated carbocycles. The number of nitrogens with zero attached hydrogens (tertiary/aromatic N) is 1. The van der Waals surface area contributed by atoms with Gasteiger partial charge < -0.3 is 5.32 Å². The molecule has 0 amide bonds. The minimum atomic E-state index is -3.00. The number of hydrogen-bond acceptors (Lipinski definition) is 3. The molecule has 18 heavy (non-hydrogen) atoms. The Labute approximate surface area is 117 Å². The molecule has 1 heterocycles. The molecule has 1 unspecified atom stereocenters. The van der Waals surface area contributed by atoms with E-state index in [1.807, 2.05) is 7.05 Å². The molecule has 1 aliphatic carbocycles. The van der Waals surface area contributed by atoms with Gasteiger partial charge in [0, 0.05) is 19.1 Å². The van der Waals surface area contributed by atoms with Gasteiger partial charge in [-0.2, -0.15) is 0 Å². The largest absolute Gasteiger partial charge is 0.316 e. The summed E-state index contributed by atoms with van der Waals surface area (Å²) in [6.45, 7) is 1.37. The van der Waals surface area contributed by atoms with Crippen LogP contribution < -0.4 is 5.32 Å². The van der Waals surface area contributed by atoms with Crippen LogP contribution >= 0.6 is 12.4 Å². The van der Waals surface area contributed by atoms with Crippen molar-refractivity contribution in [2.75, 3.05) is 25.9 Å². The van der Waals surface area contributed by atoms with Gasteiger partial charge in [0.15, 0.2) is 0 Å². The Hall–Kier alpha value is 0.160. The Morgan fingerprint density at radius 3 is 2.50 bits per heavy atom. The molecule has 1 atom stereocenters. The van der Waals surface area contributed by atoms with Crippen LogP contribution in [0.1, 0.15) is 38.5 Å². The molecule has 1 saturated heterocycles. The SMILES string of the molecule is CNC1CCCN(S(=O)(=O)CCC2CCC2)C1.Cl. The summed E-state index contributed by atoms with van der Waals surface area (Å²) in [7, 11) is -1.09. The molecule has 0 bridgehead atoms. The Morgan fingerprint density at radius 2 is 1.94 bits per heavy atom. The molecule has 2 fully saturated rings. The highest BCUT2D eigenvalue weighted by Gasteiger charge is 2.29. The van der Waals surface area contributed by atoms with E-state index in [9.17, 15) is 8.42 Å². The highest BCUT2D eigenvalue weighted by atomic mass is 35.5. The number of nitrogens with one attached hydrogen (secondary N) is 1. The van der Waals surface area contributed by atoms with E-state index in [4.69, 9.17) is 0 Å². The van der Waals surface area contributed by atoms with Gasteiger partial charge in [-0.05, 0) is 32.2 Å². The first-order valence-electron chi connectivity index (χ1n) is 6.77. The molecule has 0 radical (unpaired) electrons. The van der Waals surface area contributed by atoms with Crippen LogP contribution in [0, 0.1) is 5.92 Å².